The predicted octanol–water partition coefficient (Wildman–Crippen LogP) is 6.22. The molecule has 1 aliphatic carbocycles. The second-order valence-corrected chi connectivity index (χ2v) is 13.4. The number of allylic oxidation sites excluding steroid dienone is 1. The van der Waals surface area contributed by atoms with Crippen LogP contribution >= 0.6 is 0 Å². The first kappa shape index (κ1) is 33.1. The summed E-state index contributed by atoms with van der Waals surface area (Å²) in [6, 6.07) is 25.4. The van der Waals surface area contributed by atoms with Crippen LogP contribution in [0.1, 0.15) is 44.9 Å². The number of hydrogen-bond donors (Lipinski definition) is 3. The van der Waals surface area contributed by atoms with Gasteiger partial charge < -0.3 is 30.1 Å². The van der Waals surface area contributed by atoms with E-state index in [-0.39, 0.29) is 24.8 Å². The van der Waals surface area contributed by atoms with Crippen LogP contribution < -0.4 is 20.1 Å². The average molecular weight is 675 g/mol. The maximum absolute atomic E-state index is 14.5. The van der Waals surface area contributed by atoms with Crippen molar-refractivity contribution in [3.8, 4) is 22.8 Å². The van der Waals surface area contributed by atoms with Crippen molar-refractivity contribution in [3.63, 3.8) is 0 Å². The summed E-state index contributed by atoms with van der Waals surface area (Å²) in [6.07, 6.45) is 8.01. The molecule has 3 N–H and O–H groups in total. The van der Waals surface area contributed by atoms with Crippen LogP contribution in [0, 0.1) is 5.92 Å². The number of benzene rings is 3. The summed E-state index contributed by atoms with van der Waals surface area (Å²) in [4.78, 5) is 47.6. The van der Waals surface area contributed by atoms with Gasteiger partial charge in [-0.05, 0) is 49.9 Å². The van der Waals surface area contributed by atoms with Crippen molar-refractivity contribution in [2.45, 2.75) is 68.7 Å². The van der Waals surface area contributed by atoms with Gasteiger partial charge in [0.1, 0.15) is 35.2 Å². The Morgan fingerprint density at radius 1 is 1.00 bits per heavy atom. The van der Waals surface area contributed by atoms with Gasteiger partial charge >= 0.3 is 5.97 Å². The topological polar surface area (TPSA) is 130 Å². The standard InChI is InChI=1S/C40H42N4O6/c1-49-29-19-20-31-34(21-29)42-33(26-13-7-5-8-14-26)23-36(31)50-30-22-35-37(45)43-40(39(47)48)24-27(40)15-9-3-2-4-12-18-32(38(46)44(35)25-30)41-28-16-10-6-11-17-28/h5-11,13-17,19-21,23,27,30,32,35,41H,2-4,12,18,22,24-25H2,1H3,(H,43,45)(H,47,48)/t27-,30-,32+,35+,40-/m1/s1. The molecule has 1 saturated carbocycles. The zero-order valence-electron chi connectivity index (χ0n) is 28.1. The number of methoxy groups -OCH3 is 1. The van der Waals surface area contributed by atoms with Crippen molar-refractivity contribution in [1.82, 2.24) is 15.2 Å². The first-order valence-corrected chi connectivity index (χ1v) is 17.4. The number of aromatic nitrogens is 1. The van der Waals surface area contributed by atoms with Crippen LogP contribution in [0.25, 0.3) is 22.2 Å². The van der Waals surface area contributed by atoms with Gasteiger partial charge in [0, 0.05) is 41.1 Å². The van der Waals surface area contributed by atoms with E-state index < -0.39 is 35.6 Å². The molecule has 0 radical (unpaired) electrons. The highest BCUT2D eigenvalue weighted by Crippen LogP contribution is 2.45. The summed E-state index contributed by atoms with van der Waals surface area (Å²) in [5.74, 6) is -0.817. The number of pyridine rings is 1. The normalized spacial score (nSPS) is 25.4. The quantitative estimate of drug-likeness (QED) is 0.197. The molecule has 258 valence electrons. The number of nitrogens with one attached hydrogen (secondary N) is 2. The number of para-hydroxylation sites is 1. The number of carboxylic acid groups (broad SMARTS) is 1. The van der Waals surface area contributed by atoms with Gasteiger partial charge in [0.2, 0.25) is 11.8 Å². The minimum absolute atomic E-state index is 0.161. The van der Waals surface area contributed by atoms with Crippen LogP contribution in [0.2, 0.25) is 0 Å². The van der Waals surface area contributed by atoms with E-state index >= 15 is 0 Å². The van der Waals surface area contributed by atoms with Gasteiger partial charge in [-0.25, -0.2) is 9.78 Å². The van der Waals surface area contributed by atoms with Crippen LogP contribution in [-0.2, 0) is 14.4 Å². The number of carboxylic acids is 1. The third-order valence-corrected chi connectivity index (χ3v) is 10.1. The number of ether oxygens (including phenoxy) is 2. The van der Waals surface area contributed by atoms with Crippen LogP contribution in [0.5, 0.6) is 11.5 Å². The summed E-state index contributed by atoms with van der Waals surface area (Å²) in [5.41, 5.74) is 1.75. The summed E-state index contributed by atoms with van der Waals surface area (Å²) >= 11 is 0. The third-order valence-electron chi connectivity index (χ3n) is 10.1. The number of fused-ring (bicyclic) bond motifs is 3. The lowest BCUT2D eigenvalue weighted by Gasteiger charge is -2.30. The Balaban J connectivity index is 1.23. The number of anilines is 1. The fraction of sp³-hybridized carbons (Fsp3) is 0.350. The monoisotopic (exact) mass is 674 g/mol. The average Bonchev–Trinajstić information content (AvgIpc) is 3.67. The second kappa shape index (κ2) is 14.2. The fourth-order valence-corrected chi connectivity index (χ4v) is 7.22. The van der Waals surface area contributed by atoms with Gasteiger partial charge in [-0.2, -0.15) is 0 Å². The molecule has 5 atom stereocenters. The molecule has 2 fully saturated rings. The lowest BCUT2D eigenvalue weighted by atomic mass is 10.0. The molecule has 50 heavy (non-hydrogen) atoms. The Hall–Kier alpha value is -5.38. The predicted molar refractivity (Wildman–Crippen MR) is 191 cm³/mol. The first-order valence-electron chi connectivity index (χ1n) is 17.4. The van der Waals surface area contributed by atoms with Gasteiger partial charge in [0.15, 0.2) is 0 Å². The van der Waals surface area contributed by atoms with E-state index in [1.54, 1.807) is 12.0 Å². The van der Waals surface area contributed by atoms with Crippen LogP contribution in [0.15, 0.2) is 97.1 Å². The molecule has 2 amide bonds. The fourth-order valence-electron chi connectivity index (χ4n) is 7.22. The molecule has 0 unspecified atom stereocenters. The second-order valence-electron chi connectivity index (χ2n) is 13.4. The van der Waals surface area contributed by atoms with Crippen LogP contribution in [0.4, 0.5) is 5.69 Å². The Labute approximate surface area is 291 Å². The maximum atomic E-state index is 14.5. The third kappa shape index (κ3) is 6.88. The van der Waals surface area contributed by atoms with Gasteiger partial charge in [0.05, 0.1) is 24.9 Å². The highest BCUT2D eigenvalue weighted by Gasteiger charge is 2.61. The number of carbonyl (C=O) groups is 3. The van der Waals surface area contributed by atoms with E-state index in [0.717, 1.165) is 42.3 Å². The molecule has 0 spiro atoms. The largest absolute Gasteiger partial charge is 0.497 e. The van der Waals surface area contributed by atoms with Crippen molar-refractivity contribution < 1.29 is 29.0 Å². The maximum Gasteiger partial charge on any atom is 0.330 e. The van der Waals surface area contributed by atoms with Gasteiger partial charge in [0.25, 0.3) is 0 Å². The molecule has 7 rings (SSSR count). The minimum Gasteiger partial charge on any atom is -0.497 e. The molecule has 10 nitrogen and oxygen atoms in total. The summed E-state index contributed by atoms with van der Waals surface area (Å²) in [7, 11) is 1.61. The van der Waals surface area contributed by atoms with Crippen LogP contribution in [0.3, 0.4) is 0 Å². The molecule has 2 aliphatic heterocycles. The number of carbonyl (C=O) groups excluding carboxylic acids is 2. The lowest BCUT2D eigenvalue weighted by Crippen LogP contribution is -2.55. The van der Waals surface area contributed by atoms with Crippen molar-refractivity contribution in [2.24, 2.45) is 5.92 Å². The molecular weight excluding hydrogens is 632 g/mol. The molecule has 1 saturated heterocycles. The zero-order chi connectivity index (χ0) is 34.7. The first-order chi connectivity index (χ1) is 24.3. The van der Waals surface area contributed by atoms with E-state index in [9.17, 15) is 19.5 Å². The van der Waals surface area contributed by atoms with Crippen molar-refractivity contribution >= 4 is 34.4 Å². The van der Waals surface area contributed by atoms with Gasteiger partial charge in [-0.15, -0.1) is 0 Å². The SMILES string of the molecule is COc1ccc2c(O[C@@H]3C[C@H]4C(=O)N[C@]5(C(=O)O)C[C@H]5C=CCCCCC[C@H](Nc5ccccc5)C(=O)N4C3)cc(-c3ccccc3)nc2c1. The Kier molecular flexibility index (Phi) is 9.43. The van der Waals surface area contributed by atoms with E-state index in [1.807, 2.05) is 97.1 Å². The molecule has 4 aromatic rings. The van der Waals surface area contributed by atoms with E-state index in [4.69, 9.17) is 14.5 Å². The summed E-state index contributed by atoms with van der Waals surface area (Å²) in [6.45, 7) is 0.161. The van der Waals surface area contributed by atoms with E-state index in [0.29, 0.717) is 35.6 Å². The Bertz CT molecular complexity index is 1900. The number of nitrogens with zero attached hydrogens (tertiary/aromatic N) is 2. The number of hydrogen-bond acceptors (Lipinski definition) is 7. The molecule has 3 aliphatic rings. The van der Waals surface area contributed by atoms with Crippen molar-refractivity contribution in [2.75, 3.05) is 19.0 Å². The molecule has 10 heteroatoms. The van der Waals surface area contributed by atoms with Gasteiger partial charge in [-0.3, -0.25) is 9.59 Å². The molecule has 3 heterocycles. The molecule has 3 aromatic carbocycles. The van der Waals surface area contributed by atoms with Crippen molar-refractivity contribution in [1.29, 1.82) is 0 Å². The zero-order valence-corrected chi connectivity index (χ0v) is 28.1. The molecular formula is C40H42N4O6. The number of aliphatic carboxylic acids is 1. The summed E-state index contributed by atoms with van der Waals surface area (Å²) in [5, 5.41) is 17.3. The van der Waals surface area contributed by atoms with Crippen molar-refractivity contribution in [3.05, 3.63) is 97.1 Å². The van der Waals surface area contributed by atoms with E-state index in [2.05, 4.69) is 10.6 Å². The number of rotatable bonds is 7. The van der Waals surface area contributed by atoms with Gasteiger partial charge in [-0.1, -0.05) is 73.5 Å². The lowest BCUT2D eigenvalue weighted by molar-refractivity contribution is -0.145. The van der Waals surface area contributed by atoms with Crippen LogP contribution in [-0.4, -0.2) is 70.2 Å². The smallest absolute Gasteiger partial charge is 0.330 e. The number of amides is 2. The molecule has 0 bridgehead atoms. The Morgan fingerprint density at radius 2 is 1.78 bits per heavy atom. The highest BCUT2D eigenvalue weighted by molar-refractivity contribution is 5.96. The highest BCUT2D eigenvalue weighted by atomic mass is 16.5. The minimum atomic E-state index is -1.38. The molecule has 1 aromatic heterocycles. The van der Waals surface area contributed by atoms with E-state index in [1.165, 1.54) is 0 Å². The summed E-state index contributed by atoms with van der Waals surface area (Å²) < 4.78 is 12.2. The Morgan fingerprint density at radius 3 is 2.54 bits per heavy atom.